The number of aliphatic hydroxyl groups is 2. The molecule has 1 aliphatic carbocycles. The Labute approximate surface area is 214 Å². The fraction of sp³-hybridized carbons (Fsp3) is 0.385. The van der Waals surface area contributed by atoms with Gasteiger partial charge in [-0.15, -0.1) is 0 Å². The highest BCUT2D eigenvalue weighted by Crippen LogP contribution is 2.47. The average molecular weight is 519 g/mol. The Morgan fingerprint density at radius 1 is 1.17 bits per heavy atom. The maximum atomic E-state index is 13.4. The SMILES string of the molecule is CC(C)C(=O)N(Cc1ccc(Cl)cc1Cl)[C@@H]1C=C(C(=O)NCCO)[C@@H]2c3ccccc3O[C@@H]2[C@H]1O. The number of amides is 2. The van der Waals surface area contributed by atoms with Gasteiger partial charge in [-0.05, 0) is 29.8 Å². The molecule has 0 unspecified atom stereocenters. The Kier molecular flexibility index (Phi) is 7.71. The monoisotopic (exact) mass is 518 g/mol. The lowest BCUT2D eigenvalue weighted by molar-refractivity contribution is -0.141. The third-order valence-electron chi connectivity index (χ3n) is 6.37. The molecule has 0 saturated carbocycles. The molecule has 9 heteroatoms. The molecule has 2 aliphatic rings. The Bertz CT molecular complexity index is 1150. The summed E-state index contributed by atoms with van der Waals surface area (Å²) in [4.78, 5) is 28.1. The first-order valence-electron chi connectivity index (χ1n) is 11.5. The van der Waals surface area contributed by atoms with Crippen molar-refractivity contribution in [1.29, 1.82) is 0 Å². The topological polar surface area (TPSA) is 99.1 Å². The minimum Gasteiger partial charge on any atom is -0.486 e. The lowest BCUT2D eigenvalue weighted by atomic mass is 9.77. The van der Waals surface area contributed by atoms with Crippen molar-refractivity contribution in [1.82, 2.24) is 10.2 Å². The van der Waals surface area contributed by atoms with Crippen LogP contribution in [-0.4, -0.2) is 58.3 Å². The molecule has 0 radical (unpaired) electrons. The van der Waals surface area contributed by atoms with Crippen LogP contribution in [0.1, 0.15) is 30.9 Å². The second-order valence-corrected chi connectivity index (χ2v) is 9.88. The zero-order valence-corrected chi connectivity index (χ0v) is 21.0. The van der Waals surface area contributed by atoms with Crippen LogP contribution in [-0.2, 0) is 16.1 Å². The predicted octanol–water partition coefficient (Wildman–Crippen LogP) is 3.30. The number of benzene rings is 2. The van der Waals surface area contributed by atoms with Crippen LogP contribution >= 0.6 is 23.2 Å². The second kappa shape index (κ2) is 10.6. The third kappa shape index (κ3) is 5.05. The van der Waals surface area contributed by atoms with E-state index in [9.17, 15) is 19.8 Å². The van der Waals surface area contributed by atoms with Crippen molar-refractivity contribution < 1.29 is 24.5 Å². The van der Waals surface area contributed by atoms with Gasteiger partial charge < -0.3 is 25.2 Å². The molecule has 35 heavy (non-hydrogen) atoms. The largest absolute Gasteiger partial charge is 0.486 e. The van der Waals surface area contributed by atoms with Gasteiger partial charge in [0, 0.05) is 40.2 Å². The molecule has 0 spiro atoms. The van der Waals surface area contributed by atoms with Crippen LogP contribution in [0.15, 0.2) is 54.1 Å². The highest BCUT2D eigenvalue weighted by Gasteiger charge is 2.50. The summed E-state index contributed by atoms with van der Waals surface area (Å²) < 4.78 is 6.12. The van der Waals surface area contributed by atoms with E-state index in [-0.39, 0.29) is 37.4 Å². The highest BCUT2D eigenvalue weighted by molar-refractivity contribution is 6.35. The van der Waals surface area contributed by atoms with Gasteiger partial charge in [-0.3, -0.25) is 9.59 Å². The molecule has 186 valence electrons. The van der Waals surface area contributed by atoms with Gasteiger partial charge in [-0.25, -0.2) is 0 Å². The minimum absolute atomic E-state index is 0.0817. The van der Waals surface area contributed by atoms with Crippen LogP contribution in [0.25, 0.3) is 0 Å². The standard InChI is InChI=1S/C26H28Cl2N2O5/c1-14(2)26(34)30(13-15-7-8-16(27)11-19(15)28)20-12-18(25(33)29-9-10-31)22-17-5-3-4-6-21(17)35-24(22)23(20)32/h3-8,11-12,14,20,22-24,31-32H,9-10,13H2,1-2H3,(H,29,33)/t20-,22+,23+,24+/m1/s1. The van der Waals surface area contributed by atoms with Crippen LogP contribution in [0, 0.1) is 5.92 Å². The number of halogens is 2. The van der Waals surface area contributed by atoms with E-state index in [0.29, 0.717) is 26.9 Å². The molecule has 0 fully saturated rings. The number of nitrogens with zero attached hydrogens (tertiary/aromatic N) is 1. The molecule has 2 aromatic rings. The molecule has 0 aromatic heterocycles. The zero-order valence-electron chi connectivity index (χ0n) is 19.4. The molecule has 2 aromatic carbocycles. The zero-order chi connectivity index (χ0) is 25.3. The molecular weight excluding hydrogens is 491 g/mol. The smallest absolute Gasteiger partial charge is 0.247 e. The Hall–Kier alpha value is -2.58. The van der Waals surface area contributed by atoms with E-state index in [1.807, 2.05) is 18.2 Å². The molecule has 7 nitrogen and oxygen atoms in total. The molecular formula is C26H28Cl2N2O5. The van der Waals surface area contributed by atoms with Crippen molar-refractivity contribution in [3.8, 4) is 5.75 Å². The van der Waals surface area contributed by atoms with Crippen LogP contribution in [0.2, 0.25) is 10.0 Å². The average Bonchev–Trinajstić information content (AvgIpc) is 3.22. The Morgan fingerprint density at radius 3 is 2.60 bits per heavy atom. The summed E-state index contributed by atoms with van der Waals surface area (Å²) in [6.45, 7) is 3.54. The van der Waals surface area contributed by atoms with Crippen molar-refractivity contribution in [2.75, 3.05) is 13.2 Å². The van der Waals surface area contributed by atoms with E-state index in [1.54, 1.807) is 44.2 Å². The molecule has 3 N–H and O–H groups in total. The van der Waals surface area contributed by atoms with Crippen LogP contribution in [0.5, 0.6) is 5.75 Å². The van der Waals surface area contributed by atoms with Gasteiger partial charge in [-0.2, -0.15) is 0 Å². The number of rotatable bonds is 7. The van der Waals surface area contributed by atoms with Crippen LogP contribution in [0.3, 0.4) is 0 Å². The summed E-state index contributed by atoms with van der Waals surface area (Å²) in [5, 5.41) is 24.3. The Morgan fingerprint density at radius 2 is 1.91 bits per heavy atom. The third-order valence-corrected chi connectivity index (χ3v) is 6.96. The normalized spacial score (nSPS) is 22.7. The first-order chi connectivity index (χ1) is 16.7. The molecule has 4 atom stereocenters. The quantitative estimate of drug-likeness (QED) is 0.522. The summed E-state index contributed by atoms with van der Waals surface area (Å²) in [6.07, 6.45) is -0.218. The van der Waals surface area contributed by atoms with Crippen molar-refractivity contribution in [2.45, 2.75) is 44.6 Å². The van der Waals surface area contributed by atoms with E-state index in [1.165, 1.54) is 4.90 Å². The molecule has 1 aliphatic heterocycles. The molecule has 0 saturated heterocycles. The van der Waals surface area contributed by atoms with E-state index in [0.717, 1.165) is 5.56 Å². The van der Waals surface area contributed by atoms with Crippen molar-refractivity contribution >= 4 is 35.0 Å². The fourth-order valence-electron chi connectivity index (χ4n) is 4.69. The van der Waals surface area contributed by atoms with Gasteiger partial charge in [0.2, 0.25) is 11.8 Å². The van der Waals surface area contributed by atoms with Crippen LogP contribution < -0.4 is 10.1 Å². The number of ether oxygens (including phenoxy) is 1. The minimum atomic E-state index is -1.10. The van der Waals surface area contributed by atoms with Gasteiger partial charge in [0.15, 0.2) is 0 Å². The number of hydrogen-bond acceptors (Lipinski definition) is 5. The van der Waals surface area contributed by atoms with Gasteiger partial charge >= 0.3 is 0 Å². The molecule has 1 heterocycles. The van der Waals surface area contributed by atoms with Crippen molar-refractivity contribution in [2.24, 2.45) is 5.92 Å². The summed E-state index contributed by atoms with van der Waals surface area (Å²) >= 11 is 12.5. The predicted molar refractivity (Wildman–Crippen MR) is 133 cm³/mol. The molecule has 4 rings (SSSR count). The lowest BCUT2D eigenvalue weighted by Gasteiger charge is -2.41. The maximum absolute atomic E-state index is 13.4. The first-order valence-corrected chi connectivity index (χ1v) is 12.3. The number of aliphatic hydroxyl groups excluding tert-OH is 2. The van der Waals surface area contributed by atoms with E-state index >= 15 is 0 Å². The molecule has 2 amide bonds. The van der Waals surface area contributed by atoms with Crippen molar-refractivity contribution in [3.63, 3.8) is 0 Å². The summed E-state index contributed by atoms with van der Waals surface area (Å²) in [5.41, 5.74) is 1.84. The van der Waals surface area contributed by atoms with Crippen molar-refractivity contribution in [3.05, 3.63) is 75.3 Å². The van der Waals surface area contributed by atoms with E-state index in [2.05, 4.69) is 5.32 Å². The summed E-state index contributed by atoms with van der Waals surface area (Å²) in [5.74, 6) is -0.877. The summed E-state index contributed by atoms with van der Waals surface area (Å²) in [6, 6.07) is 11.5. The van der Waals surface area contributed by atoms with Gasteiger partial charge in [-0.1, -0.05) is 61.3 Å². The second-order valence-electron chi connectivity index (χ2n) is 9.04. The number of carbonyl (C=O) groups excluding carboxylic acids is 2. The maximum Gasteiger partial charge on any atom is 0.247 e. The lowest BCUT2D eigenvalue weighted by Crippen LogP contribution is -2.56. The van der Waals surface area contributed by atoms with Gasteiger partial charge in [0.05, 0.1) is 18.6 Å². The Balaban J connectivity index is 1.78. The number of hydrogen-bond donors (Lipinski definition) is 3. The number of para-hydroxylation sites is 1. The van der Waals surface area contributed by atoms with Crippen LogP contribution in [0.4, 0.5) is 0 Å². The van der Waals surface area contributed by atoms with E-state index in [4.69, 9.17) is 27.9 Å². The summed E-state index contributed by atoms with van der Waals surface area (Å²) in [7, 11) is 0. The number of carbonyl (C=O) groups is 2. The number of nitrogens with one attached hydrogen (secondary N) is 1. The highest BCUT2D eigenvalue weighted by atomic mass is 35.5. The van der Waals surface area contributed by atoms with Gasteiger partial charge in [0.1, 0.15) is 18.0 Å². The number of fused-ring (bicyclic) bond motifs is 3. The fourth-order valence-corrected chi connectivity index (χ4v) is 5.15. The van der Waals surface area contributed by atoms with E-state index < -0.39 is 24.2 Å². The van der Waals surface area contributed by atoms with Gasteiger partial charge in [0.25, 0.3) is 0 Å². The first kappa shape index (κ1) is 25.5. The molecule has 0 bridgehead atoms.